The third-order valence-corrected chi connectivity index (χ3v) is 3.44. The Morgan fingerprint density at radius 2 is 1.83 bits per heavy atom. The normalized spacial score (nSPS) is 26.0. The van der Waals surface area contributed by atoms with E-state index < -0.39 is 18.1 Å². The van der Waals surface area contributed by atoms with Gasteiger partial charge in [0.15, 0.2) is 5.78 Å². The molecule has 0 heterocycles. The predicted molar refractivity (Wildman–Crippen MR) is 59.8 cm³/mol. The fourth-order valence-corrected chi connectivity index (χ4v) is 2.19. The zero-order chi connectivity index (χ0) is 14.1. The Kier molecular flexibility index (Phi) is 4.08. The molecule has 2 unspecified atom stereocenters. The molecule has 0 aliphatic heterocycles. The van der Waals surface area contributed by atoms with Crippen molar-refractivity contribution in [3.8, 4) is 0 Å². The second-order valence-electron chi connectivity index (χ2n) is 5.83. The predicted octanol–water partition coefficient (Wildman–Crippen LogP) is 2.45. The van der Waals surface area contributed by atoms with E-state index >= 15 is 0 Å². The van der Waals surface area contributed by atoms with Crippen LogP contribution in [0.4, 0.5) is 13.2 Å². The van der Waals surface area contributed by atoms with Crippen molar-refractivity contribution in [2.24, 2.45) is 11.3 Å². The number of halogens is 3. The third kappa shape index (κ3) is 3.71. The number of alkyl halides is 3. The summed E-state index contributed by atoms with van der Waals surface area (Å²) < 4.78 is 36.4. The number of Topliss-reactive ketones (excluding diaryl/α,β-unsaturated/α-hetero) is 1. The summed E-state index contributed by atoms with van der Waals surface area (Å²) in [7, 11) is 0. The molecule has 0 radical (unpaired) electrons. The lowest BCUT2D eigenvalue weighted by Crippen LogP contribution is -2.50. The standard InChI is InChI=1S/C12H18F3NO2/c1-11(2,3)7-4-5-9(17)8(6-7)16-10(18)12(13,14)15/h7-8H,4-6H2,1-3H3,(H,16,18). The van der Waals surface area contributed by atoms with E-state index in [2.05, 4.69) is 0 Å². The molecule has 0 aromatic heterocycles. The van der Waals surface area contributed by atoms with Gasteiger partial charge in [0.2, 0.25) is 0 Å². The van der Waals surface area contributed by atoms with Gasteiger partial charge in [0, 0.05) is 6.42 Å². The summed E-state index contributed by atoms with van der Waals surface area (Å²) >= 11 is 0. The van der Waals surface area contributed by atoms with Crippen LogP contribution in [0.1, 0.15) is 40.0 Å². The first-order valence-electron chi connectivity index (χ1n) is 5.92. The van der Waals surface area contributed by atoms with Crippen molar-refractivity contribution in [3.63, 3.8) is 0 Å². The zero-order valence-electron chi connectivity index (χ0n) is 10.7. The second-order valence-corrected chi connectivity index (χ2v) is 5.83. The van der Waals surface area contributed by atoms with Gasteiger partial charge >= 0.3 is 12.1 Å². The number of carbonyl (C=O) groups excluding carboxylic acids is 2. The van der Waals surface area contributed by atoms with Crippen molar-refractivity contribution in [2.45, 2.75) is 52.3 Å². The summed E-state index contributed by atoms with van der Waals surface area (Å²) in [5, 5.41) is 1.80. The molecule has 18 heavy (non-hydrogen) atoms. The highest BCUT2D eigenvalue weighted by molar-refractivity contribution is 5.91. The molecule has 6 heteroatoms. The minimum atomic E-state index is -4.94. The summed E-state index contributed by atoms with van der Waals surface area (Å²) in [5.74, 6) is -2.21. The number of nitrogens with one attached hydrogen (secondary N) is 1. The lowest BCUT2D eigenvalue weighted by molar-refractivity contribution is -0.175. The van der Waals surface area contributed by atoms with Gasteiger partial charge in [-0.25, -0.2) is 0 Å². The van der Waals surface area contributed by atoms with Crippen LogP contribution in [0.2, 0.25) is 0 Å². The molecule has 0 aromatic carbocycles. The molecular formula is C12H18F3NO2. The Labute approximate surface area is 104 Å². The van der Waals surface area contributed by atoms with E-state index in [-0.39, 0.29) is 30.0 Å². The van der Waals surface area contributed by atoms with Crippen LogP contribution in [0.15, 0.2) is 0 Å². The molecule has 1 rings (SSSR count). The summed E-state index contributed by atoms with van der Waals surface area (Å²) in [6.45, 7) is 5.95. The van der Waals surface area contributed by atoms with Gasteiger partial charge in [-0.1, -0.05) is 20.8 Å². The van der Waals surface area contributed by atoms with Crippen molar-refractivity contribution in [1.82, 2.24) is 5.32 Å². The van der Waals surface area contributed by atoms with E-state index in [4.69, 9.17) is 0 Å². The van der Waals surface area contributed by atoms with E-state index in [0.29, 0.717) is 6.42 Å². The maximum atomic E-state index is 12.1. The summed E-state index contributed by atoms with van der Waals surface area (Å²) in [4.78, 5) is 22.4. The molecule has 2 atom stereocenters. The molecule has 1 saturated carbocycles. The number of hydrogen-bond acceptors (Lipinski definition) is 2. The van der Waals surface area contributed by atoms with E-state index in [1.807, 2.05) is 20.8 Å². The van der Waals surface area contributed by atoms with Crippen molar-refractivity contribution >= 4 is 11.7 Å². The average Bonchev–Trinajstić information content (AvgIpc) is 2.18. The molecule has 0 spiro atoms. The van der Waals surface area contributed by atoms with Crippen LogP contribution in [-0.4, -0.2) is 23.9 Å². The Balaban J connectivity index is 2.70. The highest BCUT2D eigenvalue weighted by Gasteiger charge is 2.43. The minimum Gasteiger partial charge on any atom is -0.338 e. The van der Waals surface area contributed by atoms with Gasteiger partial charge in [0.25, 0.3) is 0 Å². The maximum absolute atomic E-state index is 12.1. The SMILES string of the molecule is CC(C)(C)C1CCC(=O)C(NC(=O)C(F)(F)F)C1. The van der Waals surface area contributed by atoms with Crippen LogP contribution in [0.5, 0.6) is 0 Å². The first-order valence-corrected chi connectivity index (χ1v) is 5.92. The van der Waals surface area contributed by atoms with Gasteiger partial charge in [0.1, 0.15) is 0 Å². The van der Waals surface area contributed by atoms with Gasteiger partial charge in [-0.15, -0.1) is 0 Å². The summed E-state index contributed by atoms with van der Waals surface area (Å²) in [5.41, 5.74) is -0.0814. The zero-order valence-corrected chi connectivity index (χ0v) is 10.7. The topological polar surface area (TPSA) is 46.2 Å². The molecule has 0 saturated heterocycles. The molecular weight excluding hydrogens is 247 g/mol. The van der Waals surface area contributed by atoms with Crippen LogP contribution in [-0.2, 0) is 9.59 Å². The minimum absolute atomic E-state index is 0.0814. The molecule has 1 fully saturated rings. The number of hydrogen-bond donors (Lipinski definition) is 1. The van der Waals surface area contributed by atoms with E-state index in [1.54, 1.807) is 5.32 Å². The summed E-state index contributed by atoms with van der Waals surface area (Å²) in [6.07, 6.45) is -3.76. The molecule has 1 aliphatic carbocycles. The summed E-state index contributed by atoms with van der Waals surface area (Å²) in [6, 6.07) is -1.00. The molecule has 1 aliphatic rings. The van der Waals surface area contributed by atoms with Gasteiger partial charge in [-0.2, -0.15) is 13.2 Å². The molecule has 0 bridgehead atoms. The molecule has 0 aromatic rings. The Hall–Kier alpha value is -1.07. The lowest BCUT2D eigenvalue weighted by Gasteiger charge is -2.37. The number of carbonyl (C=O) groups is 2. The third-order valence-electron chi connectivity index (χ3n) is 3.44. The average molecular weight is 265 g/mol. The van der Waals surface area contributed by atoms with E-state index in [1.165, 1.54) is 0 Å². The van der Waals surface area contributed by atoms with Crippen LogP contribution in [0.25, 0.3) is 0 Å². The van der Waals surface area contributed by atoms with Crippen molar-refractivity contribution < 1.29 is 22.8 Å². The van der Waals surface area contributed by atoms with E-state index in [0.717, 1.165) is 0 Å². The number of amides is 1. The van der Waals surface area contributed by atoms with Crippen LogP contribution < -0.4 is 5.32 Å². The lowest BCUT2D eigenvalue weighted by atomic mass is 9.70. The van der Waals surface area contributed by atoms with Crippen molar-refractivity contribution in [2.75, 3.05) is 0 Å². The largest absolute Gasteiger partial charge is 0.471 e. The number of rotatable bonds is 1. The Bertz CT molecular complexity index is 344. The molecule has 3 nitrogen and oxygen atoms in total. The van der Waals surface area contributed by atoms with Crippen LogP contribution in [0, 0.1) is 11.3 Å². The quantitative estimate of drug-likeness (QED) is 0.791. The highest BCUT2D eigenvalue weighted by atomic mass is 19.4. The van der Waals surface area contributed by atoms with Crippen molar-refractivity contribution in [1.29, 1.82) is 0 Å². The number of ketones is 1. The van der Waals surface area contributed by atoms with Gasteiger partial charge in [-0.05, 0) is 24.2 Å². The molecule has 1 amide bonds. The smallest absolute Gasteiger partial charge is 0.338 e. The monoisotopic (exact) mass is 265 g/mol. The fraction of sp³-hybridized carbons (Fsp3) is 0.833. The fourth-order valence-electron chi connectivity index (χ4n) is 2.19. The molecule has 104 valence electrons. The van der Waals surface area contributed by atoms with Crippen LogP contribution in [0.3, 0.4) is 0 Å². The Morgan fingerprint density at radius 3 is 2.28 bits per heavy atom. The highest BCUT2D eigenvalue weighted by Crippen LogP contribution is 2.36. The van der Waals surface area contributed by atoms with Crippen LogP contribution >= 0.6 is 0 Å². The van der Waals surface area contributed by atoms with Gasteiger partial charge < -0.3 is 5.32 Å². The first-order chi connectivity index (χ1) is 8.01. The first kappa shape index (κ1) is 15.0. The Morgan fingerprint density at radius 1 is 1.28 bits per heavy atom. The maximum Gasteiger partial charge on any atom is 0.471 e. The second kappa shape index (κ2) is 4.90. The van der Waals surface area contributed by atoms with E-state index in [9.17, 15) is 22.8 Å². The van der Waals surface area contributed by atoms with Gasteiger partial charge in [-0.3, -0.25) is 9.59 Å². The van der Waals surface area contributed by atoms with Gasteiger partial charge in [0.05, 0.1) is 6.04 Å². The molecule has 1 N–H and O–H groups in total. The van der Waals surface area contributed by atoms with Crippen molar-refractivity contribution in [3.05, 3.63) is 0 Å².